The van der Waals surface area contributed by atoms with Gasteiger partial charge in [0.05, 0.1) is 15.9 Å². The zero-order valence-electron chi connectivity index (χ0n) is 13.8. The second-order valence-corrected chi connectivity index (χ2v) is 7.89. The van der Waals surface area contributed by atoms with Gasteiger partial charge in [0.25, 0.3) is 5.69 Å². The topological polar surface area (TPSA) is 107 Å². The Bertz CT molecular complexity index is 877. The van der Waals surface area contributed by atoms with Crippen molar-refractivity contribution in [2.75, 3.05) is 6.54 Å². The van der Waals surface area contributed by atoms with Crippen LogP contribution in [0.5, 0.6) is 0 Å². The van der Waals surface area contributed by atoms with Gasteiger partial charge >= 0.3 is 0 Å². The highest BCUT2D eigenvalue weighted by atomic mass is 32.2. The van der Waals surface area contributed by atoms with Crippen LogP contribution in [0.25, 0.3) is 0 Å². The SMILES string of the molecule is CCCc1cc([C@@H]2CCCN2S(=O)(=O)c2cccc([N+](=O)[O-])c2)no1. The minimum atomic E-state index is -3.85. The number of rotatable bonds is 6. The average molecular weight is 365 g/mol. The maximum atomic E-state index is 13.0. The van der Waals surface area contributed by atoms with E-state index < -0.39 is 21.0 Å². The minimum Gasteiger partial charge on any atom is -0.361 e. The number of hydrogen-bond donors (Lipinski definition) is 0. The van der Waals surface area contributed by atoms with Crippen molar-refractivity contribution < 1.29 is 17.9 Å². The van der Waals surface area contributed by atoms with Gasteiger partial charge in [0.15, 0.2) is 0 Å². The Morgan fingerprint density at radius 2 is 2.20 bits per heavy atom. The van der Waals surface area contributed by atoms with Crippen molar-refractivity contribution in [3.8, 4) is 0 Å². The van der Waals surface area contributed by atoms with Crippen molar-refractivity contribution in [3.05, 3.63) is 51.9 Å². The van der Waals surface area contributed by atoms with E-state index in [1.54, 1.807) is 6.07 Å². The molecule has 0 amide bonds. The van der Waals surface area contributed by atoms with E-state index in [9.17, 15) is 18.5 Å². The van der Waals surface area contributed by atoms with Crippen molar-refractivity contribution in [3.63, 3.8) is 0 Å². The monoisotopic (exact) mass is 365 g/mol. The number of nitro groups is 1. The molecular formula is C16H19N3O5S. The van der Waals surface area contributed by atoms with E-state index in [1.807, 2.05) is 6.92 Å². The first-order valence-electron chi connectivity index (χ1n) is 8.15. The summed E-state index contributed by atoms with van der Waals surface area (Å²) in [4.78, 5) is 10.2. The molecule has 0 spiro atoms. The van der Waals surface area contributed by atoms with Crippen LogP contribution in [0, 0.1) is 10.1 Å². The van der Waals surface area contributed by atoms with E-state index in [0.717, 1.165) is 24.7 Å². The fraction of sp³-hybridized carbons (Fsp3) is 0.438. The molecule has 0 bridgehead atoms. The number of aromatic nitrogens is 1. The van der Waals surface area contributed by atoms with Gasteiger partial charge in [-0.3, -0.25) is 10.1 Å². The second kappa shape index (κ2) is 6.93. The van der Waals surface area contributed by atoms with E-state index in [1.165, 1.54) is 22.5 Å². The van der Waals surface area contributed by atoms with Gasteiger partial charge in [-0.25, -0.2) is 8.42 Å². The standard InChI is InChI=1S/C16H19N3O5S/c1-2-5-13-11-15(17-24-13)16-8-4-9-18(16)25(22,23)14-7-3-6-12(10-14)19(20)21/h3,6-7,10-11,16H,2,4-5,8-9H2,1H3/t16-/m0/s1. The molecule has 0 radical (unpaired) electrons. The highest BCUT2D eigenvalue weighted by Crippen LogP contribution is 2.36. The normalized spacial score (nSPS) is 18.5. The minimum absolute atomic E-state index is 0.0779. The first-order valence-corrected chi connectivity index (χ1v) is 9.59. The van der Waals surface area contributed by atoms with Crippen molar-refractivity contribution >= 4 is 15.7 Å². The van der Waals surface area contributed by atoms with Gasteiger partial charge in [-0.15, -0.1) is 0 Å². The molecule has 1 aliphatic rings. The van der Waals surface area contributed by atoms with E-state index in [0.29, 0.717) is 25.1 Å². The fourth-order valence-electron chi connectivity index (χ4n) is 3.07. The van der Waals surface area contributed by atoms with Gasteiger partial charge in [-0.1, -0.05) is 18.1 Å². The summed E-state index contributed by atoms with van der Waals surface area (Å²) < 4.78 is 32.6. The van der Waals surface area contributed by atoms with Gasteiger partial charge in [0.2, 0.25) is 10.0 Å². The third kappa shape index (κ3) is 3.42. The molecule has 1 saturated heterocycles. The lowest BCUT2D eigenvalue weighted by atomic mass is 10.1. The summed E-state index contributed by atoms with van der Waals surface area (Å²) >= 11 is 0. The maximum Gasteiger partial charge on any atom is 0.270 e. The molecule has 1 aromatic heterocycles. The summed E-state index contributed by atoms with van der Waals surface area (Å²) in [5, 5.41) is 15.0. The van der Waals surface area contributed by atoms with Crippen LogP contribution in [-0.4, -0.2) is 29.3 Å². The zero-order chi connectivity index (χ0) is 18.0. The molecule has 2 aromatic rings. The summed E-state index contributed by atoms with van der Waals surface area (Å²) in [5.74, 6) is 0.733. The third-order valence-corrected chi connectivity index (χ3v) is 6.16. The Kier molecular flexibility index (Phi) is 4.87. The molecule has 1 fully saturated rings. The number of hydrogen-bond acceptors (Lipinski definition) is 6. The Labute approximate surface area is 145 Å². The van der Waals surface area contributed by atoms with Gasteiger partial charge < -0.3 is 4.52 Å². The number of benzene rings is 1. The van der Waals surface area contributed by atoms with E-state index in [2.05, 4.69) is 5.16 Å². The van der Waals surface area contributed by atoms with Crippen LogP contribution in [0.4, 0.5) is 5.69 Å². The molecule has 8 nitrogen and oxygen atoms in total. The quantitative estimate of drug-likeness (QED) is 0.575. The molecule has 1 aromatic carbocycles. The van der Waals surface area contributed by atoms with Crippen LogP contribution in [0.3, 0.4) is 0 Å². The third-order valence-electron chi connectivity index (χ3n) is 4.25. The predicted octanol–water partition coefficient (Wildman–Crippen LogP) is 3.06. The number of nitrogens with zero attached hydrogens (tertiary/aromatic N) is 3. The van der Waals surface area contributed by atoms with Gasteiger partial charge in [-0.05, 0) is 25.3 Å². The number of sulfonamides is 1. The number of aryl methyl sites for hydroxylation is 1. The lowest BCUT2D eigenvalue weighted by molar-refractivity contribution is -0.385. The Balaban J connectivity index is 1.92. The summed E-state index contributed by atoms with van der Waals surface area (Å²) in [7, 11) is -3.85. The molecule has 9 heteroatoms. The molecule has 3 rings (SSSR count). The first-order chi connectivity index (χ1) is 11.9. The van der Waals surface area contributed by atoms with Crippen molar-refractivity contribution in [1.29, 1.82) is 0 Å². The molecular weight excluding hydrogens is 346 g/mol. The van der Waals surface area contributed by atoms with Crippen LogP contribution in [0.2, 0.25) is 0 Å². The predicted molar refractivity (Wildman–Crippen MR) is 89.5 cm³/mol. The van der Waals surface area contributed by atoms with Crippen LogP contribution >= 0.6 is 0 Å². The van der Waals surface area contributed by atoms with E-state index in [-0.39, 0.29) is 10.6 Å². The first kappa shape index (κ1) is 17.6. The smallest absolute Gasteiger partial charge is 0.270 e. The molecule has 2 heterocycles. The molecule has 1 aliphatic heterocycles. The van der Waals surface area contributed by atoms with Crippen LogP contribution in [0.15, 0.2) is 39.8 Å². The second-order valence-electron chi connectivity index (χ2n) is 6.00. The summed E-state index contributed by atoms with van der Waals surface area (Å²) in [6.07, 6.45) is 3.01. The highest BCUT2D eigenvalue weighted by Gasteiger charge is 2.38. The van der Waals surface area contributed by atoms with Gasteiger partial charge in [-0.2, -0.15) is 4.31 Å². The van der Waals surface area contributed by atoms with E-state index >= 15 is 0 Å². The fourth-order valence-corrected chi connectivity index (χ4v) is 4.78. The molecule has 0 N–H and O–H groups in total. The van der Waals surface area contributed by atoms with Crippen molar-refractivity contribution in [2.24, 2.45) is 0 Å². The van der Waals surface area contributed by atoms with Gasteiger partial charge in [0, 0.05) is 31.2 Å². The Morgan fingerprint density at radius 1 is 1.40 bits per heavy atom. The number of non-ortho nitro benzene ring substituents is 1. The molecule has 0 saturated carbocycles. The van der Waals surface area contributed by atoms with Crippen LogP contribution < -0.4 is 0 Å². The molecule has 25 heavy (non-hydrogen) atoms. The van der Waals surface area contributed by atoms with Crippen molar-refractivity contribution in [2.45, 2.75) is 43.5 Å². The summed E-state index contributed by atoms with van der Waals surface area (Å²) in [6.45, 7) is 2.38. The summed E-state index contributed by atoms with van der Waals surface area (Å²) in [5.41, 5.74) is 0.346. The Morgan fingerprint density at radius 3 is 2.92 bits per heavy atom. The maximum absolute atomic E-state index is 13.0. The molecule has 1 atom stereocenters. The van der Waals surface area contributed by atoms with E-state index in [4.69, 9.17) is 4.52 Å². The molecule has 0 unspecified atom stereocenters. The van der Waals surface area contributed by atoms with Crippen LogP contribution in [-0.2, 0) is 16.4 Å². The Hall–Kier alpha value is -2.26. The van der Waals surface area contributed by atoms with Gasteiger partial charge in [0.1, 0.15) is 11.5 Å². The molecule has 134 valence electrons. The molecule has 0 aliphatic carbocycles. The zero-order valence-corrected chi connectivity index (χ0v) is 14.6. The average Bonchev–Trinajstić information content (AvgIpc) is 3.24. The van der Waals surface area contributed by atoms with Crippen molar-refractivity contribution in [1.82, 2.24) is 9.46 Å². The van der Waals surface area contributed by atoms with Crippen LogP contribution in [0.1, 0.15) is 43.7 Å². The highest BCUT2D eigenvalue weighted by molar-refractivity contribution is 7.89. The summed E-state index contributed by atoms with van der Waals surface area (Å²) in [6, 6.07) is 6.52. The lowest BCUT2D eigenvalue weighted by Crippen LogP contribution is -2.30. The largest absolute Gasteiger partial charge is 0.361 e. The lowest BCUT2D eigenvalue weighted by Gasteiger charge is -2.22. The number of nitro benzene ring substituents is 1.